The summed E-state index contributed by atoms with van der Waals surface area (Å²) in [4.78, 5) is 16.5. The van der Waals surface area contributed by atoms with Crippen LogP contribution in [0.1, 0.15) is 18.4 Å². The minimum Gasteiger partial charge on any atom is -0.445 e. The van der Waals surface area contributed by atoms with Gasteiger partial charge in [-0.05, 0) is 37.4 Å². The number of carbonyl (C=O) groups is 1. The molecule has 1 amide bonds. The van der Waals surface area contributed by atoms with Gasteiger partial charge in [0.05, 0.1) is 0 Å². The number of amides is 1. The fourth-order valence-electron chi connectivity index (χ4n) is 3.37. The first-order valence-electron chi connectivity index (χ1n) is 8.70. The molecule has 0 spiro atoms. The van der Waals surface area contributed by atoms with Crippen LogP contribution in [0.2, 0.25) is 0 Å². The smallest absolute Gasteiger partial charge is 0.410 e. The van der Waals surface area contributed by atoms with E-state index in [9.17, 15) is 4.79 Å². The monoisotopic (exact) mass is 389 g/mol. The van der Waals surface area contributed by atoms with Crippen LogP contribution in [0.15, 0.2) is 30.3 Å². The van der Waals surface area contributed by atoms with Gasteiger partial charge >= 0.3 is 6.09 Å². The Labute approximate surface area is 162 Å². The van der Waals surface area contributed by atoms with E-state index in [1.807, 2.05) is 35.2 Å². The number of nitrogens with one attached hydrogen (secondary N) is 1. The zero-order valence-electron chi connectivity index (χ0n) is 14.6. The van der Waals surface area contributed by atoms with Gasteiger partial charge in [0.2, 0.25) is 0 Å². The van der Waals surface area contributed by atoms with E-state index in [4.69, 9.17) is 4.74 Å². The van der Waals surface area contributed by atoms with Gasteiger partial charge in [-0.15, -0.1) is 24.8 Å². The minimum atomic E-state index is -0.187. The molecule has 0 unspecified atom stereocenters. The summed E-state index contributed by atoms with van der Waals surface area (Å²) in [5, 5.41) is 3.47. The van der Waals surface area contributed by atoms with Crippen molar-refractivity contribution in [2.75, 3.05) is 45.8 Å². The predicted molar refractivity (Wildman–Crippen MR) is 105 cm³/mol. The number of hydrogen-bond acceptors (Lipinski definition) is 4. The lowest BCUT2D eigenvalue weighted by molar-refractivity contribution is 0.0666. The van der Waals surface area contributed by atoms with Crippen molar-refractivity contribution in [1.82, 2.24) is 15.1 Å². The van der Waals surface area contributed by atoms with Crippen molar-refractivity contribution in [2.24, 2.45) is 5.92 Å². The van der Waals surface area contributed by atoms with E-state index in [2.05, 4.69) is 10.2 Å². The van der Waals surface area contributed by atoms with E-state index >= 15 is 0 Å². The first kappa shape index (κ1) is 22.0. The standard InChI is InChI=1S/C18H27N3O2.2ClH/c22-18(23-15-16-5-2-1-3-6-16)21-11-9-20(10-12-21)14-17-7-4-8-19-13-17;;/h1-3,5-6,17,19H,4,7-15H2;2*1H/t17-;;/m1../s1. The highest BCUT2D eigenvalue weighted by Crippen LogP contribution is 2.14. The molecular formula is C18H29Cl2N3O2. The second kappa shape index (κ2) is 11.6. The molecule has 2 aliphatic rings. The molecule has 0 radical (unpaired) electrons. The maximum Gasteiger partial charge on any atom is 0.410 e. The van der Waals surface area contributed by atoms with Gasteiger partial charge in [0, 0.05) is 32.7 Å². The molecule has 2 saturated heterocycles. The van der Waals surface area contributed by atoms with E-state index in [1.54, 1.807) is 0 Å². The van der Waals surface area contributed by atoms with Gasteiger partial charge in [-0.3, -0.25) is 4.90 Å². The highest BCUT2D eigenvalue weighted by Gasteiger charge is 2.24. The lowest BCUT2D eigenvalue weighted by atomic mass is 9.99. The molecule has 1 N–H and O–H groups in total. The number of piperazine rings is 1. The maximum absolute atomic E-state index is 12.1. The van der Waals surface area contributed by atoms with Gasteiger partial charge in [0.1, 0.15) is 6.61 Å². The Kier molecular flexibility index (Phi) is 10.2. The van der Waals surface area contributed by atoms with Gasteiger partial charge in [-0.2, -0.15) is 0 Å². The van der Waals surface area contributed by atoms with Gasteiger partial charge < -0.3 is 15.0 Å². The average Bonchev–Trinajstić information content (AvgIpc) is 2.62. The highest BCUT2D eigenvalue weighted by molar-refractivity contribution is 5.85. The molecule has 0 aliphatic carbocycles. The molecule has 7 heteroatoms. The van der Waals surface area contributed by atoms with Gasteiger partial charge in [-0.1, -0.05) is 30.3 Å². The molecule has 0 bridgehead atoms. The van der Waals surface area contributed by atoms with Crippen molar-refractivity contribution in [1.29, 1.82) is 0 Å². The number of rotatable bonds is 4. The van der Waals surface area contributed by atoms with Crippen LogP contribution in [0.4, 0.5) is 4.79 Å². The number of piperidine rings is 1. The van der Waals surface area contributed by atoms with Crippen LogP contribution in [0.5, 0.6) is 0 Å². The minimum absolute atomic E-state index is 0. The molecule has 1 atom stereocenters. The Morgan fingerprint density at radius 2 is 1.84 bits per heavy atom. The quantitative estimate of drug-likeness (QED) is 0.859. The topological polar surface area (TPSA) is 44.8 Å². The molecule has 1 aromatic rings. The number of nitrogens with zero attached hydrogens (tertiary/aromatic N) is 2. The third-order valence-corrected chi connectivity index (χ3v) is 4.75. The Morgan fingerprint density at radius 1 is 1.12 bits per heavy atom. The Balaban J connectivity index is 0.00000156. The lowest BCUT2D eigenvalue weighted by Gasteiger charge is -2.36. The second-order valence-electron chi connectivity index (χ2n) is 6.54. The lowest BCUT2D eigenvalue weighted by Crippen LogP contribution is -2.50. The van der Waals surface area contributed by atoms with Gasteiger partial charge in [0.15, 0.2) is 0 Å². The zero-order valence-corrected chi connectivity index (χ0v) is 16.2. The number of carbonyl (C=O) groups excluding carboxylic acids is 1. The fraction of sp³-hybridized carbons (Fsp3) is 0.611. The Morgan fingerprint density at radius 3 is 2.48 bits per heavy atom. The van der Waals surface area contributed by atoms with E-state index in [0.717, 1.165) is 57.3 Å². The van der Waals surface area contributed by atoms with Crippen molar-refractivity contribution in [3.63, 3.8) is 0 Å². The summed E-state index contributed by atoms with van der Waals surface area (Å²) in [6, 6.07) is 9.84. The maximum atomic E-state index is 12.1. The van der Waals surface area contributed by atoms with Crippen molar-refractivity contribution in [2.45, 2.75) is 19.4 Å². The highest BCUT2D eigenvalue weighted by atomic mass is 35.5. The van der Waals surface area contributed by atoms with Gasteiger partial charge in [0.25, 0.3) is 0 Å². The molecule has 2 heterocycles. The zero-order chi connectivity index (χ0) is 15.9. The summed E-state index contributed by atoms with van der Waals surface area (Å²) < 4.78 is 5.41. The normalized spacial score (nSPS) is 21.0. The SMILES string of the molecule is Cl.Cl.O=C(OCc1ccccc1)N1CCN(C[C@@H]2CCCNC2)CC1. The summed E-state index contributed by atoms with van der Waals surface area (Å²) in [5.41, 5.74) is 1.03. The molecule has 5 nitrogen and oxygen atoms in total. The molecule has 0 aromatic heterocycles. The van der Waals surface area contributed by atoms with Crippen LogP contribution in [0, 0.1) is 5.92 Å². The van der Waals surface area contributed by atoms with Crippen LogP contribution in [0.25, 0.3) is 0 Å². The van der Waals surface area contributed by atoms with Crippen molar-refractivity contribution in [3.8, 4) is 0 Å². The first-order chi connectivity index (χ1) is 11.3. The van der Waals surface area contributed by atoms with Gasteiger partial charge in [-0.25, -0.2) is 4.79 Å². The fourth-order valence-corrected chi connectivity index (χ4v) is 3.37. The van der Waals surface area contributed by atoms with Crippen LogP contribution < -0.4 is 5.32 Å². The number of halogens is 2. The summed E-state index contributed by atoms with van der Waals surface area (Å²) in [6.07, 6.45) is 2.43. The molecule has 3 rings (SSSR count). The number of hydrogen-bond donors (Lipinski definition) is 1. The molecule has 142 valence electrons. The predicted octanol–water partition coefficient (Wildman–Crippen LogP) is 2.78. The van der Waals surface area contributed by atoms with Crippen LogP contribution in [0.3, 0.4) is 0 Å². The largest absolute Gasteiger partial charge is 0.445 e. The number of ether oxygens (including phenoxy) is 1. The first-order valence-corrected chi connectivity index (χ1v) is 8.70. The molecule has 2 aliphatic heterocycles. The molecule has 1 aromatic carbocycles. The van der Waals surface area contributed by atoms with E-state index in [-0.39, 0.29) is 30.9 Å². The van der Waals surface area contributed by atoms with Crippen LogP contribution in [-0.2, 0) is 11.3 Å². The molecule has 2 fully saturated rings. The van der Waals surface area contributed by atoms with E-state index < -0.39 is 0 Å². The van der Waals surface area contributed by atoms with Crippen molar-refractivity contribution in [3.05, 3.63) is 35.9 Å². The van der Waals surface area contributed by atoms with Crippen LogP contribution >= 0.6 is 24.8 Å². The summed E-state index contributed by atoms with van der Waals surface area (Å²) in [7, 11) is 0. The van der Waals surface area contributed by atoms with Crippen molar-refractivity contribution >= 4 is 30.9 Å². The molecule has 0 saturated carbocycles. The summed E-state index contributed by atoms with van der Waals surface area (Å²) in [5.74, 6) is 0.764. The van der Waals surface area contributed by atoms with E-state index in [0.29, 0.717) is 6.61 Å². The summed E-state index contributed by atoms with van der Waals surface area (Å²) >= 11 is 0. The number of benzene rings is 1. The molecule has 25 heavy (non-hydrogen) atoms. The van der Waals surface area contributed by atoms with E-state index in [1.165, 1.54) is 12.8 Å². The molecular weight excluding hydrogens is 361 g/mol. The third kappa shape index (κ3) is 7.02. The summed E-state index contributed by atoms with van der Waals surface area (Å²) in [6.45, 7) is 7.26. The third-order valence-electron chi connectivity index (χ3n) is 4.75. The average molecular weight is 390 g/mol. The van der Waals surface area contributed by atoms with Crippen molar-refractivity contribution < 1.29 is 9.53 Å². The Bertz CT molecular complexity index is 490. The van der Waals surface area contributed by atoms with Crippen LogP contribution in [-0.4, -0.2) is 61.7 Å². The second-order valence-corrected chi connectivity index (χ2v) is 6.54. The Hall–Kier alpha value is -1.01.